The molecule has 4 N–H and O–H groups in total. The zero-order valence-corrected chi connectivity index (χ0v) is 17.7. The average Bonchev–Trinajstić information content (AvgIpc) is 2.93. The van der Waals surface area contributed by atoms with Gasteiger partial charge in [0.25, 0.3) is 0 Å². The number of ketones is 1. The lowest BCUT2D eigenvalue weighted by Gasteiger charge is -1.95. The van der Waals surface area contributed by atoms with E-state index in [1.54, 1.807) is 19.2 Å². The summed E-state index contributed by atoms with van der Waals surface area (Å²) < 4.78 is 9.80. The summed E-state index contributed by atoms with van der Waals surface area (Å²) in [5.74, 6) is -1.68. The second kappa shape index (κ2) is 15.4. The van der Waals surface area contributed by atoms with Crippen LogP contribution in [0.4, 0.5) is 0 Å². The predicted octanol–water partition coefficient (Wildman–Crippen LogP) is 1.78. The van der Waals surface area contributed by atoms with E-state index in [9.17, 15) is 14.4 Å². The van der Waals surface area contributed by atoms with Crippen LogP contribution >= 0.6 is 55.4 Å². The van der Waals surface area contributed by atoms with Gasteiger partial charge in [-0.1, -0.05) is 15.9 Å². The molecule has 0 amide bonds. The van der Waals surface area contributed by atoms with E-state index in [1.165, 1.54) is 11.3 Å². The Balaban J connectivity index is 0. The van der Waals surface area contributed by atoms with Gasteiger partial charge in [0.2, 0.25) is 5.78 Å². The molecule has 0 radical (unpaired) electrons. The van der Waals surface area contributed by atoms with Gasteiger partial charge in [-0.15, -0.1) is 11.3 Å². The van der Waals surface area contributed by atoms with Crippen LogP contribution in [0.25, 0.3) is 0 Å². The van der Waals surface area contributed by atoms with Gasteiger partial charge in [0, 0.05) is 5.38 Å². The molecular weight excluding hydrogens is 490 g/mol. The predicted molar refractivity (Wildman–Crippen MR) is 102 cm³/mol. The van der Waals surface area contributed by atoms with Crippen LogP contribution in [0.1, 0.15) is 24.3 Å². The van der Waals surface area contributed by atoms with Crippen molar-refractivity contribution >= 4 is 78.2 Å². The molecule has 12 heteroatoms. The SMILES string of the molecule is CCOC(=O)C(=O)CBr.CCOC(=O)c1csc(Br)n1.NC(N)=S. The van der Waals surface area contributed by atoms with E-state index in [1.807, 2.05) is 0 Å². The molecule has 0 unspecified atom stereocenters. The number of Topliss-reactive ketones (excluding diaryl/α,β-unsaturated/α-hetero) is 1. The molecule has 0 aliphatic rings. The number of thiazole rings is 1. The summed E-state index contributed by atoms with van der Waals surface area (Å²) in [6.07, 6.45) is 0. The summed E-state index contributed by atoms with van der Waals surface area (Å²) >= 11 is 11.4. The monoisotopic (exact) mass is 505 g/mol. The quantitative estimate of drug-likeness (QED) is 0.265. The van der Waals surface area contributed by atoms with Crippen LogP contribution in [0.3, 0.4) is 0 Å². The van der Waals surface area contributed by atoms with Crippen molar-refractivity contribution in [1.82, 2.24) is 4.98 Å². The maximum Gasteiger partial charge on any atom is 0.375 e. The number of ether oxygens (including phenoxy) is 2. The molecule has 0 atom stereocenters. The number of alkyl halides is 1. The fourth-order valence-electron chi connectivity index (χ4n) is 0.817. The van der Waals surface area contributed by atoms with Crippen LogP contribution in [0.2, 0.25) is 0 Å². The lowest BCUT2D eigenvalue weighted by atomic mass is 10.5. The Morgan fingerprint density at radius 3 is 2.08 bits per heavy atom. The molecule has 1 aromatic rings. The first-order valence-corrected chi connectivity index (χ1v) is 9.48. The van der Waals surface area contributed by atoms with Crippen molar-refractivity contribution in [3.05, 3.63) is 15.0 Å². The minimum Gasteiger partial charge on any atom is -0.461 e. The fraction of sp³-hybridized carbons (Fsp3) is 0.417. The maximum atomic E-state index is 11.0. The average molecular weight is 507 g/mol. The van der Waals surface area contributed by atoms with Gasteiger partial charge in [-0.2, -0.15) is 0 Å². The molecule has 8 nitrogen and oxygen atoms in total. The molecule has 0 aliphatic heterocycles. The Hall–Kier alpha value is -1.11. The van der Waals surface area contributed by atoms with E-state index in [4.69, 9.17) is 4.74 Å². The number of halogens is 2. The molecule has 0 saturated carbocycles. The first-order chi connectivity index (χ1) is 11.2. The molecule has 0 spiro atoms. The number of hydrogen-bond donors (Lipinski definition) is 2. The molecule has 1 rings (SSSR count). The molecule has 0 saturated heterocycles. The van der Waals surface area contributed by atoms with Crippen molar-refractivity contribution in [2.45, 2.75) is 13.8 Å². The van der Waals surface area contributed by atoms with Gasteiger partial charge in [0.05, 0.1) is 18.5 Å². The highest BCUT2D eigenvalue weighted by atomic mass is 79.9. The third-order valence-corrected chi connectivity index (χ3v) is 3.46. The number of carbonyl (C=O) groups excluding carboxylic acids is 3. The third kappa shape index (κ3) is 14.5. The van der Waals surface area contributed by atoms with Crippen molar-refractivity contribution < 1.29 is 23.9 Å². The van der Waals surface area contributed by atoms with E-state index in [2.05, 4.69) is 65.3 Å². The Labute approximate surface area is 165 Å². The highest BCUT2D eigenvalue weighted by molar-refractivity contribution is 9.11. The number of nitrogens with zero attached hydrogens (tertiary/aromatic N) is 1. The summed E-state index contributed by atoms with van der Waals surface area (Å²) in [7, 11) is 0. The normalized spacial score (nSPS) is 8.67. The van der Waals surface area contributed by atoms with Crippen molar-refractivity contribution in [3.63, 3.8) is 0 Å². The van der Waals surface area contributed by atoms with Gasteiger partial charge < -0.3 is 20.9 Å². The molecule has 136 valence electrons. The molecular formula is C12H17Br2N3O5S2. The van der Waals surface area contributed by atoms with Crippen molar-refractivity contribution in [2.24, 2.45) is 11.5 Å². The first kappa shape index (κ1) is 25.1. The molecule has 1 aromatic heterocycles. The molecule has 0 fully saturated rings. The standard InChI is InChI=1S/C6H6BrNO2S.C5H7BrO3.CH4N2S/c1-2-10-5(9)4-3-11-6(7)8-4;1-2-9-5(8)4(7)3-6;2-1(3)4/h3H,2H2,1H3;2-3H2,1H3;(H4,2,3,4). The molecule has 1 heterocycles. The molecule has 0 bridgehead atoms. The highest BCUT2D eigenvalue weighted by Crippen LogP contribution is 2.16. The van der Waals surface area contributed by atoms with Crippen LogP contribution < -0.4 is 11.5 Å². The van der Waals surface area contributed by atoms with Crippen molar-refractivity contribution in [2.75, 3.05) is 18.5 Å². The summed E-state index contributed by atoms with van der Waals surface area (Å²) in [4.78, 5) is 35.6. The second-order valence-electron chi connectivity index (χ2n) is 3.39. The fourth-order valence-corrected chi connectivity index (χ4v) is 2.03. The number of rotatable bonds is 5. The second-order valence-corrected chi connectivity index (χ2v) is 6.55. The lowest BCUT2D eigenvalue weighted by molar-refractivity contribution is -0.152. The largest absolute Gasteiger partial charge is 0.461 e. The molecule has 0 aromatic carbocycles. The van der Waals surface area contributed by atoms with Gasteiger partial charge in [-0.05, 0) is 42.0 Å². The number of esters is 2. The zero-order chi connectivity index (χ0) is 19.1. The van der Waals surface area contributed by atoms with Crippen LogP contribution in [-0.4, -0.2) is 46.4 Å². The maximum absolute atomic E-state index is 11.0. The first-order valence-electron chi connectivity index (χ1n) is 6.28. The van der Waals surface area contributed by atoms with Crippen LogP contribution in [0.15, 0.2) is 9.30 Å². The Kier molecular flexibility index (Phi) is 16.1. The Bertz CT molecular complexity index is 551. The van der Waals surface area contributed by atoms with Gasteiger partial charge in [0.1, 0.15) is 0 Å². The van der Waals surface area contributed by atoms with Gasteiger partial charge >= 0.3 is 11.9 Å². The highest BCUT2D eigenvalue weighted by Gasteiger charge is 2.11. The lowest BCUT2D eigenvalue weighted by Crippen LogP contribution is -2.18. The van der Waals surface area contributed by atoms with E-state index in [-0.39, 0.29) is 23.0 Å². The van der Waals surface area contributed by atoms with E-state index < -0.39 is 11.8 Å². The summed E-state index contributed by atoms with van der Waals surface area (Å²) in [5, 5.41) is 1.69. The van der Waals surface area contributed by atoms with Crippen LogP contribution in [-0.2, 0) is 19.1 Å². The number of hydrogen-bond acceptors (Lipinski definition) is 8. The Morgan fingerprint density at radius 1 is 1.25 bits per heavy atom. The summed E-state index contributed by atoms with van der Waals surface area (Å²) in [5.41, 5.74) is 9.61. The number of thiocarbonyl (C=S) groups is 1. The summed E-state index contributed by atoms with van der Waals surface area (Å²) in [6, 6.07) is 0. The third-order valence-electron chi connectivity index (χ3n) is 1.59. The minimum atomic E-state index is -0.769. The summed E-state index contributed by atoms with van der Waals surface area (Å²) in [6.45, 7) is 4.05. The van der Waals surface area contributed by atoms with Gasteiger partial charge in [-0.3, -0.25) is 4.79 Å². The van der Waals surface area contributed by atoms with E-state index in [0.717, 1.165) is 0 Å². The number of carbonyl (C=O) groups is 3. The Morgan fingerprint density at radius 2 is 1.75 bits per heavy atom. The van der Waals surface area contributed by atoms with Gasteiger partial charge in [0.15, 0.2) is 14.7 Å². The number of nitrogens with two attached hydrogens (primary N) is 2. The molecule has 0 aliphatic carbocycles. The van der Waals surface area contributed by atoms with Crippen LogP contribution in [0, 0.1) is 0 Å². The number of aromatic nitrogens is 1. The smallest absolute Gasteiger partial charge is 0.375 e. The van der Waals surface area contributed by atoms with Crippen molar-refractivity contribution in [1.29, 1.82) is 0 Å². The topological polar surface area (TPSA) is 135 Å². The van der Waals surface area contributed by atoms with Gasteiger partial charge in [-0.25, -0.2) is 14.6 Å². The zero-order valence-electron chi connectivity index (χ0n) is 12.9. The molecule has 24 heavy (non-hydrogen) atoms. The minimum absolute atomic E-state index is 0.000000000000000222. The van der Waals surface area contributed by atoms with E-state index in [0.29, 0.717) is 16.2 Å². The van der Waals surface area contributed by atoms with Crippen molar-refractivity contribution in [3.8, 4) is 0 Å². The van der Waals surface area contributed by atoms with E-state index >= 15 is 0 Å². The van der Waals surface area contributed by atoms with Crippen LogP contribution in [0.5, 0.6) is 0 Å².